The van der Waals surface area contributed by atoms with Gasteiger partial charge >= 0.3 is 5.97 Å². The predicted octanol–water partition coefficient (Wildman–Crippen LogP) is 2.44. The highest BCUT2D eigenvalue weighted by Crippen LogP contribution is 2.04. The number of carbonyl (C=O) groups excluding carboxylic acids is 1. The normalized spacial score (nSPS) is 10.7. The van der Waals surface area contributed by atoms with Crippen LogP contribution < -0.4 is 0 Å². The maximum Gasteiger partial charge on any atom is 0.333 e. The summed E-state index contributed by atoms with van der Waals surface area (Å²) in [7, 11) is 0.766. The molecule has 0 amide bonds. The van der Waals surface area contributed by atoms with Crippen LogP contribution in [0.4, 0.5) is 0 Å². The lowest BCUT2D eigenvalue weighted by atomic mass is 10.4. The molecule has 0 aliphatic rings. The van der Waals surface area contributed by atoms with Crippen molar-refractivity contribution in [3.8, 4) is 0 Å². The molecule has 0 atom stereocenters. The van der Waals surface area contributed by atoms with Crippen LogP contribution in [0.3, 0.4) is 0 Å². The van der Waals surface area contributed by atoms with Gasteiger partial charge < -0.3 is 14.2 Å². The molecule has 4 nitrogen and oxygen atoms in total. The molecule has 0 aromatic carbocycles. The summed E-state index contributed by atoms with van der Waals surface area (Å²) < 4.78 is 15.9. The Labute approximate surface area is 113 Å². The number of hydrogen-bond acceptors (Lipinski definition) is 4. The lowest BCUT2D eigenvalue weighted by molar-refractivity contribution is -0.138. The van der Waals surface area contributed by atoms with Crippen LogP contribution in [0.5, 0.6) is 0 Å². The van der Waals surface area contributed by atoms with Gasteiger partial charge in [-0.15, -0.1) is 0 Å². The Morgan fingerprint density at radius 1 is 1.28 bits per heavy atom. The molecule has 0 heterocycles. The molecule has 0 spiro atoms. The number of ether oxygens (including phenoxy) is 3. The zero-order valence-electron chi connectivity index (χ0n) is 11.7. The molecule has 0 aliphatic heterocycles. The van der Waals surface area contributed by atoms with Gasteiger partial charge in [0.25, 0.3) is 0 Å². The summed E-state index contributed by atoms with van der Waals surface area (Å²) in [6.07, 6.45) is 0.791. The fourth-order valence-electron chi connectivity index (χ4n) is 1.24. The largest absolute Gasteiger partial charge is 0.462 e. The van der Waals surface area contributed by atoms with E-state index < -0.39 is 0 Å². The minimum absolute atomic E-state index is 0.0868. The van der Waals surface area contributed by atoms with Crippen molar-refractivity contribution in [1.29, 1.82) is 0 Å². The Bertz CT molecular complexity index is 237. The molecular weight excluding hydrogens is 248 g/mol. The van der Waals surface area contributed by atoms with Crippen molar-refractivity contribution in [3.63, 3.8) is 0 Å². The Kier molecular flexibility index (Phi) is 11.0. The van der Waals surface area contributed by atoms with E-state index in [1.807, 2.05) is 13.8 Å². The molecule has 104 valence electrons. The molecular formula is C13H24O4Si. The van der Waals surface area contributed by atoms with E-state index in [0.29, 0.717) is 25.4 Å². The fraction of sp³-hybridized carbons (Fsp3) is 0.769. The molecule has 0 bridgehead atoms. The minimum Gasteiger partial charge on any atom is -0.462 e. The SMILES string of the molecule is C=C(C)C(=O)OCCC[Si]CC(OCC)OCC. The van der Waals surface area contributed by atoms with E-state index in [-0.39, 0.29) is 12.3 Å². The van der Waals surface area contributed by atoms with Gasteiger partial charge in [0, 0.05) is 28.3 Å². The minimum atomic E-state index is -0.306. The van der Waals surface area contributed by atoms with Crippen LogP contribution in [-0.4, -0.2) is 41.6 Å². The Balaban J connectivity index is 3.48. The Hall–Kier alpha value is -0.653. The zero-order valence-corrected chi connectivity index (χ0v) is 12.7. The molecule has 18 heavy (non-hydrogen) atoms. The molecule has 0 aliphatic carbocycles. The van der Waals surface area contributed by atoms with E-state index in [9.17, 15) is 4.79 Å². The topological polar surface area (TPSA) is 44.8 Å². The summed E-state index contributed by atoms with van der Waals surface area (Å²) in [5.41, 5.74) is 0.449. The predicted molar refractivity (Wildman–Crippen MR) is 72.8 cm³/mol. The van der Waals surface area contributed by atoms with Gasteiger partial charge in [-0.2, -0.15) is 0 Å². The van der Waals surface area contributed by atoms with Gasteiger partial charge in [0.2, 0.25) is 0 Å². The van der Waals surface area contributed by atoms with Gasteiger partial charge in [-0.3, -0.25) is 0 Å². The lowest BCUT2D eigenvalue weighted by Gasteiger charge is -2.16. The van der Waals surface area contributed by atoms with E-state index in [1.54, 1.807) is 6.92 Å². The molecule has 0 aromatic rings. The Morgan fingerprint density at radius 2 is 1.89 bits per heavy atom. The number of hydrogen-bond donors (Lipinski definition) is 0. The van der Waals surface area contributed by atoms with Crippen LogP contribution in [0.2, 0.25) is 12.1 Å². The molecule has 0 fully saturated rings. The third-order valence-electron chi connectivity index (χ3n) is 2.10. The van der Waals surface area contributed by atoms with Crippen molar-refractivity contribution >= 4 is 15.5 Å². The molecule has 0 aromatic heterocycles. The van der Waals surface area contributed by atoms with E-state index in [2.05, 4.69) is 6.58 Å². The van der Waals surface area contributed by atoms with Crippen molar-refractivity contribution in [2.75, 3.05) is 19.8 Å². The second kappa shape index (κ2) is 11.4. The third kappa shape index (κ3) is 9.38. The van der Waals surface area contributed by atoms with Crippen molar-refractivity contribution in [2.45, 2.75) is 45.6 Å². The van der Waals surface area contributed by atoms with Crippen LogP contribution in [0.25, 0.3) is 0 Å². The molecule has 0 rings (SSSR count). The fourth-order valence-corrected chi connectivity index (χ4v) is 2.31. The summed E-state index contributed by atoms with van der Waals surface area (Å²) in [4.78, 5) is 11.1. The first-order valence-electron chi connectivity index (χ1n) is 6.38. The molecule has 0 saturated heterocycles. The zero-order chi connectivity index (χ0) is 13.8. The first-order valence-corrected chi connectivity index (χ1v) is 7.79. The second-order valence-corrected chi connectivity index (χ2v) is 5.22. The van der Waals surface area contributed by atoms with Gasteiger partial charge in [-0.1, -0.05) is 12.6 Å². The monoisotopic (exact) mass is 272 g/mol. The molecule has 5 heteroatoms. The highest BCUT2D eigenvalue weighted by Gasteiger charge is 2.08. The average Bonchev–Trinajstić information content (AvgIpc) is 2.33. The summed E-state index contributed by atoms with van der Waals surface area (Å²) in [6.45, 7) is 10.9. The summed E-state index contributed by atoms with van der Waals surface area (Å²) in [6, 6.07) is 1.94. The number of carbonyl (C=O) groups is 1. The van der Waals surface area contributed by atoms with Crippen molar-refractivity contribution in [1.82, 2.24) is 0 Å². The number of rotatable bonds is 11. The quantitative estimate of drug-likeness (QED) is 0.190. The van der Waals surface area contributed by atoms with E-state index in [0.717, 1.165) is 28.0 Å². The first kappa shape index (κ1) is 17.3. The van der Waals surface area contributed by atoms with Crippen molar-refractivity contribution < 1.29 is 19.0 Å². The Morgan fingerprint density at radius 3 is 2.39 bits per heavy atom. The summed E-state index contributed by atoms with van der Waals surface area (Å²) in [5.74, 6) is -0.306. The van der Waals surface area contributed by atoms with Crippen molar-refractivity contribution in [2.24, 2.45) is 0 Å². The van der Waals surface area contributed by atoms with Crippen LogP contribution in [0, 0.1) is 0 Å². The second-order valence-electron chi connectivity index (χ2n) is 3.81. The first-order chi connectivity index (χ1) is 8.61. The van der Waals surface area contributed by atoms with Crippen LogP contribution >= 0.6 is 0 Å². The van der Waals surface area contributed by atoms with Crippen LogP contribution in [-0.2, 0) is 19.0 Å². The summed E-state index contributed by atoms with van der Waals surface area (Å²) >= 11 is 0. The van der Waals surface area contributed by atoms with Gasteiger partial charge in [-0.25, -0.2) is 4.79 Å². The van der Waals surface area contributed by atoms with Gasteiger partial charge in [0.05, 0.1) is 6.61 Å². The maximum atomic E-state index is 11.1. The van der Waals surface area contributed by atoms with Crippen molar-refractivity contribution in [3.05, 3.63) is 12.2 Å². The maximum absolute atomic E-state index is 11.1. The standard InChI is InChI=1S/C13H24O4Si/c1-5-15-12(16-6-2)10-18-9-7-8-17-13(14)11(3)4/h12H,3,5-10H2,1-2,4H3. The van der Waals surface area contributed by atoms with Crippen LogP contribution in [0.1, 0.15) is 27.2 Å². The smallest absolute Gasteiger partial charge is 0.333 e. The average molecular weight is 272 g/mol. The molecule has 2 radical (unpaired) electrons. The summed E-state index contributed by atoms with van der Waals surface area (Å²) in [5, 5.41) is 0. The lowest BCUT2D eigenvalue weighted by Crippen LogP contribution is -2.19. The number of esters is 1. The van der Waals surface area contributed by atoms with Gasteiger partial charge in [0.15, 0.2) is 6.29 Å². The molecule has 0 unspecified atom stereocenters. The highest BCUT2D eigenvalue weighted by atomic mass is 28.2. The van der Waals surface area contributed by atoms with Gasteiger partial charge in [0.1, 0.15) is 0 Å². The molecule has 0 saturated carbocycles. The van der Waals surface area contributed by atoms with Gasteiger partial charge in [-0.05, 0) is 33.2 Å². The molecule has 0 N–H and O–H groups in total. The van der Waals surface area contributed by atoms with E-state index >= 15 is 0 Å². The highest BCUT2D eigenvalue weighted by molar-refractivity contribution is 6.35. The van der Waals surface area contributed by atoms with E-state index in [4.69, 9.17) is 14.2 Å². The third-order valence-corrected chi connectivity index (χ3v) is 3.42. The van der Waals surface area contributed by atoms with Crippen LogP contribution in [0.15, 0.2) is 12.2 Å². The van der Waals surface area contributed by atoms with E-state index in [1.165, 1.54) is 0 Å².